The van der Waals surface area contributed by atoms with Gasteiger partial charge in [-0.05, 0) is 41.5 Å². The Morgan fingerprint density at radius 1 is 1.00 bits per heavy atom. The lowest BCUT2D eigenvalue weighted by Crippen LogP contribution is -1.99. The predicted octanol–water partition coefficient (Wildman–Crippen LogP) is 6.86. The zero-order valence-electron chi connectivity index (χ0n) is 15.2. The number of nitriles is 1. The molecule has 0 heterocycles. The fraction of sp³-hybridized carbons (Fsp3) is 0.0870. The van der Waals surface area contributed by atoms with Crippen LogP contribution in [0, 0.1) is 11.3 Å². The number of rotatable bonds is 6. The lowest BCUT2D eigenvalue weighted by Gasteiger charge is -2.12. The average Bonchev–Trinajstić information content (AvgIpc) is 2.72. The molecule has 3 aromatic rings. The Hall–Kier alpha value is -2.55. The van der Waals surface area contributed by atoms with E-state index in [4.69, 9.17) is 9.47 Å². The third-order valence-electron chi connectivity index (χ3n) is 4.10. The van der Waals surface area contributed by atoms with Gasteiger partial charge in [-0.25, -0.2) is 0 Å². The van der Waals surface area contributed by atoms with Crippen LogP contribution in [0.3, 0.4) is 0 Å². The Morgan fingerprint density at radius 3 is 2.46 bits per heavy atom. The molecule has 0 aliphatic heterocycles. The summed E-state index contributed by atoms with van der Waals surface area (Å²) < 4.78 is 13.4. The van der Waals surface area contributed by atoms with E-state index < -0.39 is 0 Å². The maximum Gasteiger partial charge on any atom is 0.161 e. The summed E-state index contributed by atoms with van der Waals surface area (Å²) in [5.41, 5.74) is 3.37. The summed E-state index contributed by atoms with van der Waals surface area (Å²) in [6.45, 7) is 0.410. The molecule has 3 rings (SSSR count). The summed E-state index contributed by atoms with van der Waals surface area (Å²) in [5, 5.41) is 9.50. The molecule has 3 aromatic carbocycles. The molecule has 5 heteroatoms. The maximum absolute atomic E-state index is 9.50. The highest BCUT2D eigenvalue weighted by Gasteiger charge is 2.08. The molecule has 140 valence electrons. The van der Waals surface area contributed by atoms with Crippen LogP contribution < -0.4 is 9.47 Å². The van der Waals surface area contributed by atoms with Crippen LogP contribution in [-0.2, 0) is 6.61 Å². The van der Waals surface area contributed by atoms with E-state index in [0.29, 0.717) is 23.7 Å². The van der Waals surface area contributed by atoms with Crippen molar-refractivity contribution < 1.29 is 9.47 Å². The molecular weight excluding hydrogens is 482 g/mol. The van der Waals surface area contributed by atoms with E-state index in [9.17, 15) is 5.26 Å². The van der Waals surface area contributed by atoms with Gasteiger partial charge in [0.15, 0.2) is 11.5 Å². The minimum atomic E-state index is 0.410. The van der Waals surface area contributed by atoms with Gasteiger partial charge in [0.05, 0.1) is 18.8 Å². The highest BCUT2D eigenvalue weighted by molar-refractivity contribution is 9.11. The number of ether oxygens (including phenoxy) is 2. The number of halogens is 2. The van der Waals surface area contributed by atoms with Crippen LogP contribution in [0.1, 0.15) is 16.7 Å². The standard InChI is InChI=1S/C23H17Br2NO2/c1-27-23-12-16(11-19(14-26)17-5-3-2-4-6-17)7-10-22(23)28-15-18-8-9-20(24)13-21(18)25/h2-13H,15H2,1H3/b19-11+. The Kier molecular flexibility index (Phi) is 6.91. The molecule has 0 aliphatic carbocycles. The van der Waals surface area contributed by atoms with E-state index in [1.807, 2.05) is 72.8 Å². The summed E-state index contributed by atoms with van der Waals surface area (Å²) in [5.74, 6) is 1.26. The molecule has 0 saturated heterocycles. The third kappa shape index (κ3) is 5.03. The molecule has 0 amide bonds. The maximum atomic E-state index is 9.50. The molecule has 0 unspecified atom stereocenters. The lowest BCUT2D eigenvalue weighted by molar-refractivity contribution is 0.284. The summed E-state index contributed by atoms with van der Waals surface area (Å²) >= 11 is 6.99. The van der Waals surface area contributed by atoms with E-state index in [-0.39, 0.29) is 0 Å². The summed E-state index contributed by atoms with van der Waals surface area (Å²) in [7, 11) is 1.60. The number of benzene rings is 3. The summed E-state index contributed by atoms with van der Waals surface area (Å²) in [6.07, 6.45) is 1.84. The first-order valence-electron chi connectivity index (χ1n) is 8.52. The smallest absolute Gasteiger partial charge is 0.161 e. The highest BCUT2D eigenvalue weighted by atomic mass is 79.9. The van der Waals surface area contributed by atoms with Crippen molar-refractivity contribution in [2.24, 2.45) is 0 Å². The van der Waals surface area contributed by atoms with Gasteiger partial charge in [-0.1, -0.05) is 74.3 Å². The molecule has 0 atom stereocenters. The molecule has 0 bridgehead atoms. The van der Waals surface area contributed by atoms with Crippen molar-refractivity contribution in [3.8, 4) is 17.6 Å². The van der Waals surface area contributed by atoms with Crippen molar-refractivity contribution in [1.29, 1.82) is 5.26 Å². The first-order chi connectivity index (χ1) is 13.6. The fourth-order valence-electron chi connectivity index (χ4n) is 2.65. The van der Waals surface area contributed by atoms with Crippen LogP contribution in [0.25, 0.3) is 11.6 Å². The quantitative estimate of drug-likeness (QED) is 0.275. The minimum absolute atomic E-state index is 0.410. The van der Waals surface area contributed by atoms with Crippen LogP contribution in [0.5, 0.6) is 11.5 Å². The van der Waals surface area contributed by atoms with Crippen LogP contribution in [0.4, 0.5) is 0 Å². The van der Waals surface area contributed by atoms with Crippen LogP contribution in [0.15, 0.2) is 75.7 Å². The monoisotopic (exact) mass is 497 g/mol. The van der Waals surface area contributed by atoms with Gasteiger partial charge in [0.2, 0.25) is 0 Å². The second-order valence-electron chi connectivity index (χ2n) is 5.97. The number of allylic oxidation sites excluding steroid dienone is 1. The number of nitrogens with zero attached hydrogens (tertiary/aromatic N) is 1. The molecule has 0 saturated carbocycles. The lowest BCUT2D eigenvalue weighted by atomic mass is 10.0. The first kappa shape index (κ1) is 20.2. The van der Waals surface area contributed by atoms with Gasteiger partial charge in [0.25, 0.3) is 0 Å². The second kappa shape index (κ2) is 9.59. The van der Waals surface area contributed by atoms with Crippen molar-refractivity contribution in [2.45, 2.75) is 6.61 Å². The van der Waals surface area contributed by atoms with Crippen LogP contribution in [0.2, 0.25) is 0 Å². The molecule has 0 radical (unpaired) electrons. The average molecular weight is 499 g/mol. The zero-order valence-corrected chi connectivity index (χ0v) is 18.3. The normalized spacial score (nSPS) is 11.0. The van der Waals surface area contributed by atoms with E-state index in [1.54, 1.807) is 7.11 Å². The Bertz CT molecular complexity index is 1040. The van der Waals surface area contributed by atoms with Gasteiger partial charge in [-0.15, -0.1) is 0 Å². The molecule has 0 N–H and O–H groups in total. The second-order valence-corrected chi connectivity index (χ2v) is 7.74. The highest BCUT2D eigenvalue weighted by Crippen LogP contribution is 2.31. The molecule has 0 spiro atoms. The van der Waals surface area contributed by atoms with Crippen molar-refractivity contribution in [2.75, 3.05) is 7.11 Å². The van der Waals surface area contributed by atoms with E-state index in [1.165, 1.54) is 0 Å². The van der Waals surface area contributed by atoms with Gasteiger partial charge < -0.3 is 9.47 Å². The van der Waals surface area contributed by atoms with E-state index in [0.717, 1.165) is 25.6 Å². The first-order valence-corrected chi connectivity index (χ1v) is 10.1. The molecule has 28 heavy (non-hydrogen) atoms. The number of hydrogen-bond donors (Lipinski definition) is 0. The van der Waals surface area contributed by atoms with Crippen molar-refractivity contribution in [3.63, 3.8) is 0 Å². The van der Waals surface area contributed by atoms with Gasteiger partial charge >= 0.3 is 0 Å². The molecule has 0 aromatic heterocycles. The topological polar surface area (TPSA) is 42.2 Å². The Morgan fingerprint density at radius 2 is 1.79 bits per heavy atom. The summed E-state index contributed by atoms with van der Waals surface area (Å²) in [6, 6.07) is 23.4. The minimum Gasteiger partial charge on any atom is -0.493 e. The predicted molar refractivity (Wildman–Crippen MR) is 119 cm³/mol. The molecule has 0 aliphatic rings. The molecule has 3 nitrogen and oxygen atoms in total. The van der Waals surface area contributed by atoms with Gasteiger partial charge in [-0.3, -0.25) is 0 Å². The Balaban J connectivity index is 1.82. The number of methoxy groups -OCH3 is 1. The van der Waals surface area contributed by atoms with Crippen LogP contribution >= 0.6 is 31.9 Å². The van der Waals surface area contributed by atoms with Gasteiger partial charge in [-0.2, -0.15) is 5.26 Å². The largest absolute Gasteiger partial charge is 0.493 e. The van der Waals surface area contributed by atoms with E-state index >= 15 is 0 Å². The van der Waals surface area contributed by atoms with Gasteiger partial charge in [0.1, 0.15) is 6.61 Å². The molecule has 0 fully saturated rings. The van der Waals surface area contributed by atoms with Gasteiger partial charge in [0, 0.05) is 14.5 Å². The fourth-order valence-corrected chi connectivity index (χ4v) is 3.81. The SMILES string of the molecule is COc1cc(/C=C(\C#N)c2ccccc2)ccc1OCc1ccc(Br)cc1Br. The zero-order chi connectivity index (χ0) is 19.9. The Labute approximate surface area is 181 Å². The summed E-state index contributed by atoms with van der Waals surface area (Å²) in [4.78, 5) is 0. The van der Waals surface area contributed by atoms with Crippen molar-refractivity contribution >= 4 is 43.5 Å². The van der Waals surface area contributed by atoms with Crippen LogP contribution in [-0.4, -0.2) is 7.11 Å². The third-order valence-corrected chi connectivity index (χ3v) is 5.33. The van der Waals surface area contributed by atoms with Crippen molar-refractivity contribution in [3.05, 3.63) is 92.4 Å². The molecular formula is C23H17Br2NO2. The van der Waals surface area contributed by atoms with Crippen molar-refractivity contribution in [1.82, 2.24) is 0 Å². The number of hydrogen-bond acceptors (Lipinski definition) is 3. The van der Waals surface area contributed by atoms with E-state index in [2.05, 4.69) is 37.9 Å².